The number of benzene rings is 1. The Labute approximate surface area is 98.0 Å². The van der Waals surface area contributed by atoms with E-state index in [1.807, 2.05) is 31.2 Å². The van der Waals surface area contributed by atoms with Crippen molar-refractivity contribution in [2.24, 2.45) is 0 Å². The molecule has 0 unspecified atom stereocenters. The van der Waals surface area contributed by atoms with Gasteiger partial charge in [-0.2, -0.15) is 4.98 Å². The number of aryl methyl sites for hydroxylation is 1. The first-order valence-electron chi connectivity index (χ1n) is 4.67. The van der Waals surface area contributed by atoms with Gasteiger partial charge in [-0.15, -0.1) is 0 Å². The van der Waals surface area contributed by atoms with E-state index in [-0.39, 0.29) is 11.8 Å². The number of aromatic nitrogens is 2. The normalized spacial score (nSPS) is 10.1. The summed E-state index contributed by atoms with van der Waals surface area (Å²) >= 11 is 5.88. The van der Waals surface area contributed by atoms with Gasteiger partial charge in [-0.3, -0.25) is 0 Å². The first kappa shape index (κ1) is 10.7. The zero-order valence-electron chi connectivity index (χ0n) is 8.64. The minimum Gasteiger partial charge on any atom is -0.437 e. The van der Waals surface area contributed by atoms with Crippen molar-refractivity contribution >= 4 is 17.5 Å². The number of halogens is 1. The van der Waals surface area contributed by atoms with Gasteiger partial charge in [0.1, 0.15) is 10.8 Å². The number of anilines is 1. The first-order chi connectivity index (χ1) is 7.65. The maximum atomic E-state index is 5.88. The van der Waals surface area contributed by atoms with Gasteiger partial charge in [0.25, 0.3) is 0 Å². The summed E-state index contributed by atoms with van der Waals surface area (Å²) in [6.07, 6.45) is 1.41. The summed E-state index contributed by atoms with van der Waals surface area (Å²) < 4.78 is 5.51. The molecule has 2 aromatic rings. The third-order valence-corrected chi connectivity index (χ3v) is 2.19. The quantitative estimate of drug-likeness (QED) is 0.870. The van der Waals surface area contributed by atoms with Gasteiger partial charge in [-0.1, -0.05) is 23.7 Å². The molecule has 1 heterocycles. The van der Waals surface area contributed by atoms with Gasteiger partial charge < -0.3 is 10.5 Å². The maximum absolute atomic E-state index is 5.88. The molecule has 0 saturated carbocycles. The fourth-order valence-corrected chi connectivity index (χ4v) is 1.36. The van der Waals surface area contributed by atoms with Crippen LogP contribution in [0.25, 0.3) is 0 Å². The average molecular weight is 236 g/mol. The Hall–Kier alpha value is -1.81. The molecule has 1 aromatic heterocycles. The van der Waals surface area contributed by atoms with Gasteiger partial charge in [0, 0.05) is 0 Å². The second-order valence-electron chi connectivity index (χ2n) is 3.30. The topological polar surface area (TPSA) is 61.0 Å². The Morgan fingerprint density at radius 1 is 1.38 bits per heavy atom. The van der Waals surface area contributed by atoms with Gasteiger partial charge in [0.05, 0.1) is 6.20 Å². The highest BCUT2D eigenvalue weighted by atomic mass is 35.5. The molecule has 1 aromatic carbocycles. The van der Waals surface area contributed by atoms with Gasteiger partial charge in [-0.05, 0) is 24.6 Å². The van der Waals surface area contributed by atoms with E-state index in [9.17, 15) is 0 Å². The fraction of sp³-hybridized carbons (Fsp3) is 0.0909. The Kier molecular flexibility index (Phi) is 2.92. The number of nitrogens with zero attached hydrogens (tertiary/aromatic N) is 2. The molecule has 0 spiro atoms. The van der Waals surface area contributed by atoms with Gasteiger partial charge >= 0.3 is 0 Å². The summed E-state index contributed by atoms with van der Waals surface area (Å²) in [5, 5.41) is 0.329. The van der Waals surface area contributed by atoms with E-state index < -0.39 is 0 Å². The van der Waals surface area contributed by atoms with Crippen molar-refractivity contribution in [1.82, 2.24) is 9.97 Å². The lowest BCUT2D eigenvalue weighted by atomic mass is 10.2. The minimum atomic E-state index is 0.132. The summed E-state index contributed by atoms with van der Waals surface area (Å²) in [4.78, 5) is 7.66. The minimum absolute atomic E-state index is 0.132. The number of nitrogen functional groups attached to an aromatic ring is 1. The van der Waals surface area contributed by atoms with Crippen LogP contribution in [-0.2, 0) is 0 Å². The van der Waals surface area contributed by atoms with Crippen LogP contribution in [0, 0.1) is 6.92 Å². The molecule has 0 saturated heterocycles. The molecule has 4 nitrogen and oxygen atoms in total. The highest BCUT2D eigenvalue weighted by Crippen LogP contribution is 2.27. The number of hydrogen-bond donors (Lipinski definition) is 1. The van der Waals surface area contributed by atoms with E-state index in [1.54, 1.807) is 0 Å². The van der Waals surface area contributed by atoms with Crippen LogP contribution >= 0.6 is 11.6 Å². The molecule has 0 aliphatic carbocycles. The van der Waals surface area contributed by atoms with E-state index in [1.165, 1.54) is 6.20 Å². The largest absolute Gasteiger partial charge is 0.437 e. The van der Waals surface area contributed by atoms with Crippen molar-refractivity contribution in [2.75, 3.05) is 5.73 Å². The summed E-state index contributed by atoms with van der Waals surface area (Å²) in [6, 6.07) is 7.57. The van der Waals surface area contributed by atoms with E-state index >= 15 is 0 Å². The molecule has 0 aliphatic heterocycles. The molecule has 0 atom stereocenters. The molecule has 2 N–H and O–H groups in total. The second-order valence-corrected chi connectivity index (χ2v) is 3.71. The van der Waals surface area contributed by atoms with E-state index in [2.05, 4.69) is 9.97 Å². The Bertz CT molecular complexity index is 516. The molecule has 5 heteroatoms. The summed E-state index contributed by atoms with van der Waals surface area (Å²) in [5.74, 6) is 1.06. The zero-order chi connectivity index (χ0) is 11.5. The van der Waals surface area contributed by atoms with Crippen molar-refractivity contribution in [1.29, 1.82) is 0 Å². The van der Waals surface area contributed by atoms with E-state index in [0.717, 1.165) is 5.56 Å². The summed E-state index contributed by atoms with van der Waals surface area (Å²) in [5.41, 5.74) is 6.54. The summed E-state index contributed by atoms with van der Waals surface area (Å²) in [6.45, 7) is 1.98. The van der Waals surface area contributed by atoms with Crippen LogP contribution in [0.1, 0.15) is 5.56 Å². The number of hydrogen-bond acceptors (Lipinski definition) is 4. The van der Waals surface area contributed by atoms with Crippen molar-refractivity contribution in [2.45, 2.75) is 6.92 Å². The lowest BCUT2D eigenvalue weighted by Gasteiger charge is -2.06. The van der Waals surface area contributed by atoms with Crippen LogP contribution in [0.4, 0.5) is 5.95 Å². The van der Waals surface area contributed by atoms with Crippen LogP contribution < -0.4 is 10.5 Å². The second kappa shape index (κ2) is 4.37. The molecule has 0 fully saturated rings. The molecular formula is C11H10ClN3O. The molecule has 0 amide bonds. The van der Waals surface area contributed by atoms with Crippen molar-refractivity contribution in [3.05, 3.63) is 41.0 Å². The van der Waals surface area contributed by atoms with Crippen LogP contribution in [0.5, 0.6) is 11.6 Å². The predicted octanol–water partition coefficient (Wildman–Crippen LogP) is 2.81. The van der Waals surface area contributed by atoms with E-state index in [0.29, 0.717) is 10.8 Å². The average Bonchev–Trinajstić information content (AvgIpc) is 2.24. The van der Waals surface area contributed by atoms with Gasteiger partial charge in [0.15, 0.2) is 0 Å². The van der Waals surface area contributed by atoms with E-state index in [4.69, 9.17) is 22.1 Å². The van der Waals surface area contributed by atoms with Crippen LogP contribution in [0.2, 0.25) is 5.02 Å². The van der Waals surface area contributed by atoms with Crippen LogP contribution in [0.3, 0.4) is 0 Å². The number of nitrogens with two attached hydrogens (primary N) is 1. The highest BCUT2D eigenvalue weighted by Gasteiger charge is 2.06. The lowest BCUT2D eigenvalue weighted by molar-refractivity contribution is 0.462. The number of ether oxygens (including phenoxy) is 1. The Morgan fingerprint density at radius 2 is 2.19 bits per heavy atom. The summed E-state index contributed by atoms with van der Waals surface area (Å²) in [7, 11) is 0. The predicted molar refractivity (Wildman–Crippen MR) is 62.7 cm³/mol. The number of rotatable bonds is 2. The Balaban J connectivity index is 2.30. The Morgan fingerprint density at radius 3 is 2.94 bits per heavy atom. The van der Waals surface area contributed by atoms with Gasteiger partial charge in [0.2, 0.25) is 11.8 Å². The molecule has 2 rings (SSSR count). The third kappa shape index (κ3) is 2.41. The molecule has 16 heavy (non-hydrogen) atoms. The molecule has 0 aliphatic rings. The lowest BCUT2D eigenvalue weighted by Crippen LogP contribution is -1.97. The molecule has 82 valence electrons. The fourth-order valence-electron chi connectivity index (χ4n) is 1.23. The van der Waals surface area contributed by atoms with Crippen molar-refractivity contribution < 1.29 is 4.74 Å². The first-order valence-corrected chi connectivity index (χ1v) is 5.05. The maximum Gasteiger partial charge on any atom is 0.243 e. The smallest absolute Gasteiger partial charge is 0.243 e. The molecular weight excluding hydrogens is 226 g/mol. The zero-order valence-corrected chi connectivity index (χ0v) is 9.40. The standard InChI is InChI=1S/C11H10ClN3O/c1-7-3-2-4-8(5-7)16-10-9(12)6-14-11(13)15-10/h2-6H,1H3,(H2,13,14,15). The van der Waals surface area contributed by atoms with Crippen LogP contribution in [0.15, 0.2) is 30.5 Å². The molecule has 0 radical (unpaired) electrons. The van der Waals surface area contributed by atoms with Gasteiger partial charge in [-0.25, -0.2) is 4.98 Å². The van der Waals surface area contributed by atoms with Crippen molar-refractivity contribution in [3.63, 3.8) is 0 Å². The monoisotopic (exact) mass is 235 g/mol. The molecule has 0 bridgehead atoms. The van der Waals surface area contributed by atoms with Crippen molar-refractivity contribution in [3.8, 4) is 11.6 Å². The third-order valence-electron chi connectivity index (χ3n) is 1.93. The highest BCUT2D eigenvalue weighted by molar-refractivity contribution is 6.31. The SMILES string of the molecule is Cc1cccc(Oc2nc(N)ncc2Cl)c1. The van der Waals surface area contributed by atoms with Crippen LogP contribution in [-0.4, -0.2) is 9.97 Å².